The minimum Gasteiger partial charge on any atom is -0.468 e. The molecule has 28 heavy (non-hydrogen) atoms. The van der Waals surface area contributed by atoms with Gasteiger partial charge in [-0.2, -0.15) is 13.2 Å². The molecule has 2 N–H and O–H groups in total. The Labute approximate surface area is 181 Å². The van der Waals surface area contributed by atoms with Crippen molar-refractivity contribution >= 4 is 29.9 Å². The number of aliphatic imine (C=N–C) groups is 1. The third kappa shape index (κ3) is 10.9. The summed E-state index contributed by atoms with van der Waals surface area (Å²) in [6.45, 7) is 8.51. The number of hydrogen-bond acceptors (Lipinski definition) is 4. The smallest absolute Gasteiger partial charge is 0.422 e. The number of methoxy groups -OCH3 is 1. The van der Waals surface area contributed by atoms with Crippen molar-refractivity contribution in [1.82, 2.24) is 15.6 Å². The fraction of sp³-hybridized carbons (Fsp3) is 0.667. The molecule has 1 unspecified atom stereocenters. The van der Waals surface area contributed by atoms with Crippen molar-refractivity contribution in [3.8, 4) is 5.88 Å². The predicted molar refractivity (Wildman–Crippen MR) is 114 cm³/mol. The fourth-order valence-electron chi connectivity index (χ4n) is 2.19. The lowest BCUT2D eigenvalue weighted by molar-refractivity contribution is -0.154. The lowest BCUT2D eigenvalue weighted by atomic mass is 9.89. The van der Waals surface area contributed by atoms with Gasteiger partial charge in [0.2, 0.25) is 5.88 Å². The summed E-state index contributed by atoms with van der Waals surface area (Å²) in [5.41, 5.74) is 0.737. The van der Waals surface area contributed by atoms with Crippen LogP contribution in [0.3, 0.4) is 0 Å². The quantitative estimate of drug-likeness (QED) is 0.312. The molecule has 6 nitrogen and oxygen atoms in total. The van der Waals surface area contributed by atoms with E-state index in [4.69, 9.17) is 4.74 Å². The van der Waals surface area contributed by atoms with Gasteiger partial charge in [-0.1, -0.05) is 26.8 Å². The first-order valence-corrected chi connectivity index (χ1v) is 8.74. The van der Waals surface area contributed by atoms with Crippen LogP contribution in [0.15, 0.2) is 23.3 Å². The Bertz CT molecular complexity index is 590. The van der Waals surface area contributed by atoms with Crippen molar-refractivity contribution in [2.45, 2.75) is 46.5 Å². The minimum atomic E-state index is -4.38. The van der Waals surface area contributed by atoms with Gasteiger partial charge in [-0.15, -0.1) is 24.0 Å². The number of ether oxygens (including phenoxy) is 2. The van der Waals surface area contributed by atoms with E-state index < -0.39 is 12.8 Å². The summed E-state index contributed by atoms with van der Waals surface area (Å²) >= 11 is 0. The summed E-state index contributed by atoms with van der Waals surface area (Å²) in [5.74, 6) is 0.555. The second kappa shape index (κ2) is 12.3. The normalized spacial score (nSPS) is 13.5. The Morgan fingerprint density at radius 2 is 1.89 bits per heavy atom. The van der Waals surface area contributed by atoms with Crippen LogP contribution in [0.4, 0.5) is 13.2 Å². The second-order valence-corrected chi connectivity index (χ2v) is 7.07. The first kappa shape index (κ1) is 26.7. The van der Waals surface area contributed by atoms with Crippen LogP contribution in [0.25, 0.3) is 0 Å². The molecule has 10 heteroatoms. The molecule has 0 aliphatic carbocycles. The zero-order chi connectivity index (χ0) is 20.5. The van der Waals surface area contributed by atoms with E-state index in [1.165, 1.54) is 12.3 Å². The van der Waals surface area contributed by atoms with Gasteiger partial charge in [-0.05, 0) is 17.9 Å². The maximum absolute atomic E-state index is 12.1. The number of aromatic nitrogens is 1. The summed E-state index contributed by atoms with van der Waals surface area (Å²) in [6, 6.07) is 3.04. The van der Waals surface area contributed by atoms with E-state index in [1.54, 1.807) is 13.2 Å². The molecule has 0 saturated heterocycles. The fourth-order valence-corrected chi connectivity index (χ4v) is 2.19. The standard InChI is InChI=1S/C18H29F3N4O2.HI/c1-6-22-16(25-11-14(26-5)17(2,3)4)24-10-13-7-8-15(23-9-13)27-12-18(19,20)21;/h7-9,14H,6,10-12H2,1-5H3,(H2,22,24,25);1H. The number of alkyl halides is 3. The number of rotatable bonds is 8. The molecular weight excluding hydrogens is 488 g/mol. The van der Waals surface area contributed by atoms with Gasteiger partial charge in [0.25, 0.3) is 0 Å². The molecule has 1 aromatic heterocycles. The first-order chi connectivity index (χ1) is 12.5. The molecule has 0 aliphatic heterocycles. The molecule has 1 heterocycles. The van der Waals surface area contributed by atoms with Crippen LogP contribution in [0, 0.1) is 5.41 Å². The van der Waals surface area contributed by atoms with Crippen LogP contribution in [0.5, 0.6) is 5.88 Å². The van der Waals surface area contributed by atoms with Gasteiger partial charge in [-0.25, -0.2) is 9.98 Å². The molecular formula is C18H30F3IN4O2. The third-order valence-electron chi connectivity index (χ3n) is 3.65. The number of nitrogens with one attached hydrogen (secondary N) is 2. The average Bonchev–Trinajstić information content (AvgIpc) is 2.57. The van der Waals surface area contributed by atoms with E-state index in [2.05, 4.69) is 46.1 Å². The Kier molecular flexibility index (Phi) is 11.7. The molecule has 0 aromatic carbocycles. The van der Waals surface area contributed by atoms with Crippen molar-refractivity contribution in [3.05, 3.63) is 23.9 Å². The third-order valence-corrected chi connectivity index (χ3v) is 3.65. The van der Waals surface area contributed by atoms with Gasteiger partial charge < -0.3 is 20.1 Å². The molecule has 0 radical (unpaired) electrons. The molecule has 1 rings (SSSR count). The van der Waals surface area contributed by atoms with E-state index in [0.717, 1.165) is 5.56 Å². The summed E-state index contributed by atoms with van der Waals surface area (Å²) in [6.07, 6.45) is -2.93. The second-order valence-electron chi connectivity index (χ2n) is 7.07. The number of guanidine groups is 1. The summed E-state index contributed by atoms with van der Waals surface area (Å²) in [5, 5.41) is 6.39. The van der Waals surface area contributed by atoms with Gasteiger partial charge in [0.05, 0.1) is 12.6 Å². The van der Waals surface area contributed by atoms with Crippen molar-refractivity contribution in [3.63, 3.8) is 0 Å². The van der Waals surface area contributed by atoms with Crippen molar-refractivity contribution in [1.29, 1.82) is 0 Å². The maximum atomic E-state index is 12.1. The summed E-state index contributed by atoms with van der Waals surface area (Å²) < 4.78 is 46.5. The Hall–Kier alpha value is -1.30. The molecule has 0 amide bonds. The van der Waals surface area contributed by atoms with Crippen molar-refractivity contribution in [2.75, 3.05) is 26.8 Å². The van der Waals surface area contributed by atoms with Crippen LogP contribution in [-0.2, 0) is 11.3 Å². The average molecular weight is 518 g/mol. The Morgan fingerprint density at radius 1 is 1.21 bits per heavy atom. The SMILES string of the molecule is CCNC(=NCc1ccc(OCC(F)(F)F)nc1)NCC(OC)C(C)(C)C.I. The highest BCUT2D eigenvalue weighted by Crippen LogP contribution is 2.21. The highest BCUT2D eigenvalue weighted by molar-refractivity contribution is 14.0. The van der Waals surface area contributed by atoms with Gasteiger partial charge in [0.15, 0.2) is 12.6 Å². The minimum absolute atomic E-state index is 0. The lowest BCUT2D eigenvalue weighted by Crippen LogP contribution is -2.45. The molecule has 1 aromatic rings. The number of halogens is 4. The van der Waals surface area contributed by atoms with Crippen LogP contribution in [0.2, 0.25) is 0 Å². The van der Waals surface area contributed by atoms with Gasteiger partial charge in [-0.3, -0.25) is 0 Å². The van der Waals surface area contributed by atoms with Crippen molar-refractivity contribution in [2.24, 2.45) is 10.4 Å². The summed E-state index contributed by atoms with van der Waals surface area (Å²) in [4.78, 5) is 8.34. The van der Waals surface area contributed by atoms with Crippen molar-refractivity contribution < 1.29 is 22.6 Å². The lowest BCUT2D eigenvalue weighted by Gasteiger charge is -2.30. The molecule has 0 bridgehead atoms. The van der Waals surface area contributed by atoms with Crippen LogP contribution < -0.4 is 15.4 Å². The number of pyridine rings is 1. The Morgan fingerprint density at radius 3 is 2.36 bits per heavy atom. The molecule has 0 saturated carbocycles. The zero-order valence-electron chi connectivity index (χ0n) is 16.9. The topological polar surface area (TPSA) is 67.8 Å². The van der Waals surface area contributed by atoms with E-state index >= 15 is 0 Å². The molecule has 162 valence electrons. The number of hydrogen-bond donors (Lipinski definition) is 2. The molecule has 0 spiro atoms. The van der Waals surface area contributed by atoms with Crippen LogP contribution >= 0.6 is 24.0 Å². The number of nitrogens with zero attached hydrogens (tertiary/aromatic N) is 2. The van der Waals surface area contributed by atoms with Crippen LogP contribution in [0.1, 0.15) is 33.3 Å². The zero-order valence-corrected chi connectivity index (χ0v) is 19.2. The molecule has 0 fully saturated rings. The van der Waals surface area contributed by atoms with E-state index in [9.17, 15) is 13.2 Å². The monoisotopic (exact) mass is 518 g/mol. The summed E-state index contributed by atoms with van der Waals surface area (Å²) in [7, 11) is 1.68. The van der Waals surface area contributed by atoms with E-state index in [-0.39, 0.29) is 41.4 Å². The van der Waals surface area contributed by atoms with E-state index in [0.29, 0.717) is 25.6 Å². The maximum Gasteiger partial charge on any atom is 0.422 e. The van der Waals surface area contributed by atoms with Crippen LogP contribution in [-0.4, -0.2) is 50.0 Å². The molecule has 1 atom stereocenters. The van der Waals surface area contributed by atoms with Gasteiger partial charge in [0.1, 0.15) is 0 Å². The van der Waals surface area contributed by atoms with Gasteiger partial charge >= 0.3 is 6.18 Å². The predicted octanol–water partition coefficient (Wildman–Crippen LogP) is 3.76. The molecule has 0 aliphatic rings. The van der Waals surface area contributed by atoms with E-state index in [1.807, 2.05) is 6.92 Å². The highest BCUT2D eigenvalue weighted by atomic mass is 127. The largest absolute Gasteiger partial charge is 0.468 e. The highest BCUT2D eigenvalue weighted by Gasteiger charge is 2.28. The Balaban J connectivity index is 0.00000729. The van der Waals surface area contributed by atoms with Gasteiger partial charge in [0, 0.05) is 32.5 Å². The first-order valence-electron chi connectivity index (χ1n) is 8.74.